The number of benzene rings is 3. The Balaban J connectivity index is 1.89. The first kappa shape index (κ1) is 26.1. The molecule has 0 bridgehead atoms. The summed E-state index contributed by atoms with van der Waals surface area (Å²) in [7, 11) is 0. The van der Waals surface area contributed by atoms with E-state index in [0.29, 0.717) is 17.8 Å². The van der Waals surface area contributed by atoms with Crippen molar-refractivity contribution < 1.29 is 0 Å². The van der Waals surface area contributed by atoms with Crippen molar-refractivity contribution in [2.24, 2.45) is 0 Å². The van der Waals surface area contributed by atoms with E-state index < -0.39 is 0 Å². The van der Waals surface area contributed by atoms with Crippen molar-refractivity contribution in [3.63, 3.8) is 0 Å². The van der Waals surface area contributed by atoms with Crippen LogP contribution in [-0.4, -0.2) is 0 Å². The first-order valence-corrected chi connectivity index (χ1v) is 13.0. The number of hydrogen-bond donors (Lipinski definition) is 0. The summed E-state index contributed by atoms with van der Waals surface area (Å²) in [6.07, 6.45) is 1.91. The fourth-order valence-electron chi connectivity index (χ4n) is 5.15. The van der Waals surface area contributed by atoms with Crippen molar-refractivity contribution in [2.75, 3.05) is 0 Å². The lowest BCUT2D eigenvalue weighted by molar-refractivity contribution is 0.729. The Morgan fingerprint density at radius 1 is 0.667 bits per heavy atom. The fraction of sp³-hybridized carbons (Fsp3) is 0.400. The van der Waals surface area contributed by atoms with Gasteiger partial charge in [-0.05, 0) is 120 Å². The lowest BCUT2D eigenvalue weighted by atomic mass is 9.84. The SMILES string of the molecule is Cc1cc(Cl)ccc1C(C)Cc1cc(Cl)c(C)c(C(C)Cc2ccc(Cl)c(C(C)C)c2C)c1. The summed E-state index contributed by atoms with van der Waals surface area (Å²) in [5.41, 5.74) is 10.3. The predicted octanol–water partition coefficient (Wildman–Crippen LogP) is 10.4. The van der Waals surface area contributed by atoms with Gasteiger partial charge in [-0.1, -0.05) is 80.7 Å². The van der Waals surface area contributed by atoms with E-state index in [-0.39, 0.29) is 0 Å². The van der Waals surface area contributed by atoms with Crippen LogP contribution in [0.4, 0.5) is 0 Å². The number of hydrogen-bond acceptors (Lipinski definition) is 0. The molecule has 0 aliphatic heterocycles. The molecule has 0 saturated heterocycles. The molecule has 0 aliphatic carbocycles. The van der Waals surface area contributed by atoms with E-state index in [1.807, 2.05) is 12.1 Å². The molecule has 2 unspecified atom stereocenters. The molecule has 0 aromatic heterocycles. The highest BCUT2D eigenvalue weighted by molar-refractivity contribution is 6.32. The highest BCUT2D eigenvalue weighted by atomic mass is 35.5. The van der Waals surface area contributed by atoms with Crippen LogP contribution in [0.2, 0.25) is 15.1 Å². The van der Waals surface area contributed by atoms with Crippen LogP contribution in [-0.2, 0) is 12.8 Å². The first-order chi connectivity index (χ1) is 15.5. The molecule has 0 heterocycles. The van der Waals surface area contributed by atoms with Crippen LogP contribution in [0.25, 0.3) is 0 Å². The van der Waals surface area contributed by atoms with Crippen molar-refractivity contribution in [1.82, 2.24) is 0 Å². The number of rotatable bonds is 7. The zero-order valence-corrected chi connectivity index (χ0v) is 23.1. The Labute approximate surface area is 215 Å². The van der Waals surface area contributed by atoms with Gasteiger partial charge in [0.1, 0.15) is 0 Å². The first-order valence-electron chi connectivity index (χ1n) is 11.8. The fourth-order valence-corrected chi connectivity index (χ4v) is 6.05. The maximum Gasteiger partial charge on any atom is 0.0443 e. The molecule has 3 aromatic rings. The molecule has 3 rings (SSSR count). The zero-order chi connectivity index (χ0) is 24.4. The number of halogens is 3. The zero-order valence-electron chi connectivity index (χ0n) is 20.8. The molecule has 2 atom stereocenters. The van der Waals surface area contributed by atoms with Crippen LogP contribution >= 0.6 is 34.8 Å². The molecule has 33 heavy (non-hydrogen) atoms. The Kier molecular flexibility index (Phi) is 8.60. The van der Waals surface area contributed by atoms with Crippen LogP contribution in [0.1, 0.15) is 90.0 Å². The molecule has 0 N–H and O–H groups in total. The molecule has 0 nitrogen and oxygen atoms in total. The molecule has 0 aliphatic rings. The minimum atomic E-state index is 0.356. The van der Waals surface area contributed by atoms with Crippen LogP contribution < -0.4 is 0 Å². The molecule has 0 saturated carbocycles. The second kappa shape index (κ2) is 10.9. The molecule has 0 fully saturated rings. The van der Waals surface area contributed by atoms with Crippen molar-refractivity contribution >= 4 is 34.8 Å². The highest BCUT2D eigenvalue weighted by Crippen LogP contribution is 2.35. The average molecular weight is 502 g/mol. The molecule has 176 valence electrons. The predicted molar refractivity (Wildman–Crippen MR) is 147 cm³/mol. The van der Waals surface area contributed by atoms with Crippen LogP contribution in [0, 0.1) is 20.8 Å². The summed E-state index contributed by atoms with van der Waals surface area (Å²) in [6, 6.07) is 14.9. The molecular formula is C30H35Cl3. The standard InChI is InChI=1S/C30H35Cl3/c1-17(2)30-21(6)24(8-11-28(30)32)13-19(4)27-15-23(16-29(33)22(27)7)12-18(3)26-10-9-25(31)14-20(26)5/h8-11,14-19H,12-13H2,1-7H3. The van der Waals surface area contributed by atoms with Gasteiger partial charge in [-0.15, -0.1) is 0 Å². The third-order valence-corrected chi connectivity index (χ3v) is 7.91. The quantitative estimate of drug-likeness (QED) is 0.302. The van der Waals surface area contributed by atoms with Gasteiger partial charge in [0.2, 0.25) is 0 Å². The van der Waals surface area contributed by atoms with Gasteiger partial charge in [0.25, 0.3) is 0 Å². The molecular weight excluding hydrogens is 467 g/mol. The van der Waals surface area contributed by atoms with E-state index in [1.54, 1.807) is 0 Å². The molecule has 3 aromatic carbocycles. The third-order valence-electron chi connectivity index (χ3n) is 6.96. The maximum absolute atomic E-state index is 6.73. The topological polar surface area (TPSA) is 0 Å². The van der Waals surface area contributed by atoms with Crippen LogP contribution in [0.5, 0.6) is 0 Å². The smallest absolute Gasteiger partial charge is 0.0443 e. The largest absolute Gasteiger partial charge is 0.0843 e. The van der Waals surface area contributed by atoms with Crippen LogP contribution in [0.3, 0.4) is 0 Å². The summed E-state index contributed by atoms with van der Waals surface area (Å²) in [4.78, 5) is 0. The van der Waals surface area contributed by atoms with Crippen molar-refractivity contribution in [1.29, 1.82) is 0 Å². The summed E-state index contributed by atoms with van der Waals surface area (Å²) >= 11 is 19.4. The monoisotopic (exact) mass is 500 g/mol. The highest BCUT2D eigenvalue weighted by Gasteiger charge is 2.18. The normalized spacial score (nSPS) is 13.4. The molecule has 0 spiro atoms. The lowest BCUT2D eigenvalue weighted by Crippen LogP contribution is -2.07. The summed E-state index contributed by atoms with van der Waals surface area (Å²) in [5.74, 6) is 1.15. The second-order valence-corrected chi connectivity index (χ2v) is 11.2. The van der Waals surface area contributed by atoms with E-state index in [4.69, 9.17) is 34.8 Å². The van der Waals surface area contributed by atoms with Crippen molar-refractivity contribution in [3.05, 3.63) is 102 Å². The van der Waals surface area contributed by atoms with E-state index in [9.17, 15) is 0 Å². The molecule has 0 amide bonds. The summed E-state index contributed by atoms with van der Waals surface area (Å²) in [6.45, 7) is 15.5. The van der Waals surface area contributed by atoms with Crippen molar-refractivity contribution in [3.8, 4) is 0 Å². The van der Waals surface area contributed by atoms with E-state index in [1.165, 1.54) is 44.5 Å². The van der Waals surface area contributed by atoms with E-state index >= 15 is 0 Å². The van der Waals surface area contributed by atoms with Gasteiger partial charge < -0.3 is 0 Å². The Hall–Kier alpha value is -1.47. The van der Waals surface area contributed by atoms with Gasteiger partial charge in [-0.2, -0.15) is 0 Å². The molecule has 3 heteroatoms. The maximum atomic E-state index is 6.73. The van der Waals surface area contributed by atoms with Crippen LogP contribution in [0.15, 0.2) is 42.5 Å². The van der Waals surface area contributed by atoms with Gasteiger partial charge >= 0.3 is 0 Å². The average Bonchev–Trinajstić information content (AvgIpc) is 2.72. The Bertz CT molecular complexity index is 1140. The minimum Gasteiger partial charge on any atom is -0.0843 e. The van der Waals surface area contributed by atoms with Gasteiger partial charge in [0.15, 0.2) is 0 Å². The van der Waals surface area contributed by atoms with Gasteiger partial charge in [-0.3, -0.25) is 0 Å². The van der Waals surface area contributed by atoms with Crippen molar-refractivity contribution in [2.45, 2.75) is 79.1 Å². The van der Waals surface area contributed by atoms with Gasteiger partial charge in [0, 0.05) is 15.1 Å². The van der Waals surface area contributed by atoms with E-state index in [2.05, 4.69) is 78.8 Å². The minimum absolute atomic E-state index is 0.356. The summed E-state index contributed by atoms with van der Waals surface area (Å²) in [5, 5.41) is 2.51. The van der Waals surface area contributed by atoms with Gasteiger partial charge in [-0.25, -0.2) is 0 Å². The second-order valence-electron chi connectivity index (χ2n) is 9.90. The Morgan fingerprint density at radius 2 is 1.33 bits per heavy atom. The van der Waals surface area contributed by atoms with Gasteiger partial charge in [0.05, 0.1) is 0 Å². The number of aryl methyl sites for hydroxylation is 1. The lowest BCUT2D eigenvalue weighted by Gasteiger charge is -2.22. The molecule has 0 radical (unpaired) electrons. The van der Waals surface area contributed by atoms with E-state index in [0.717, 1.165) is 27.9 Å². The third kappa shape index (κ3) is 5.97. The summed E-state index contributed by atoms with van der Waals surface area (Å²) < 4.78 is 0. The Morgan fingerprint density at radius 3 is 1.97 bits per heavy atom.